The van der Waals surface area contributed by atoms with Crippen LogP contribution < -0.4 is 0 Å². The molecule has 0 saturated carbocycles. The van der Waals surface area contributed by atoms with Crippen LogP contribution in [0.3, 0.4) is 0 Å². The van der Waals surface area contributed by atoms with Gasteiger partial charge in [-0.1, -0.05) is 35.6 Å². The third-order valence-corrected chi connectivity index (χ3v) is 5.03. The van der Waals surface area contributed by atoms with Crippen LogP contribution in [0.5, 0.6) is 0 Å². The molecule has 1 aliphatic heterocycles. The lowest BCUT2D eigenvalue weighted by atomic mass is 10.1. The van der Waals surface area contributed by atoms with Crippen LogP contribution in [0, 0.1) is 10.1 Å². The molecule has 1 amide bonds. The molecule has 0 radical (unpaired) electrons. The van der Waals surface area contributed by atoms with E-state index < -0.39 is 4.92 Å². The number of carbonyl (C=O) groups is 1. The van der Waals surface area contributed by atoms with E-state index in [-0.39, 0.29) is 16.6 Å². The normalized spacial score (nSPS) is 16.2. The molecule has 24 heavy (non-hydrogen) atoms. The Balaban J connectivity index is 1.97. The highest BCUT2D eigenvalue weighted by molar-refractivity contribution is 8.26. The average molecular weight is 381 g/mol. The molecule has 2 heterocycles. The predicted octanol–water partition coefficient (Wildman–Crippen LogP) is 4.34. The molecule has 0 N–H and O–H groups in total. The van der Waals surface area contributed by atoms with Crippen LogP contribution in [0.25, 0.3) is 17.4 Å². The maximum absolute atomic E-state index is 12.0. The Morgan fingerprint density at radius 2 is 2.12 bits per heavy atom. The molecule has 122 valence electrons. The average Bonchev–Trinajstić information content (AvgIpc) is 3.09. The highest BCUT2D eigenvalue weighted by Crippen LogP contribution is 2.35. The molecule has 1 fully saturated rings. The van der Waals surface area contributed by atoms with Gasteiger partial charge in [-0.05, 0) is 24.3 Å². The van der Waals surface area contributed by atoms with Crippen molar-refractivity contribution in [1.82, 2.24) is 4.90 Å². The van der Waals surface area contributed by atoms with Gasteiger partial charge in [0.15, 0.2) is 0 Å². The first kappa shape index (κ1) is 16.7. The summed E-state index contributed by atoms with van der Waals surface area (Å²) in [6, 6.07) is 7.58. The lowest BCUT2D eigenvalue weighted by Gasteiger charge is -2.03. The molecular weight excluding hydrogens is 372 g/mol. The molecule has 0 bridgehead atoms. The molecule has 1 saturated heterocycles. The number of halogens is 1. The molecule has 3 rings (SSSR count). The number of nitro groups is 1. The zero-order valence-electron chi connectivity index (χ0n) is 12.2. The van der Waals surface area contributed by atoms with Gasteiger partial charge in [-0.25, -0.2) is 0 Å². The van der Waals surface area contributed by atoms with Crippen molar-refractivity contribution in [2.45, 2.75) is 0 Å². The molecule has 0 aliphatic carbocycles. The van der Waals surface area contributed by atoms with E-state index >= 15 is 0 Å². The maximum atomic E-state index is 12.0. The summed E-state index contributed by atoms with van der Waals surface area (Å²) in [6.07, 6.45) is 1.56. The molecule has 2 aromatic rings. The van der Waals surface area contributed by atoms with Crippen molar-refractivity contribution in [3.05, 3.63) is 56.1 Å². The zero-order chi connectivity index (χ0) is 17.4. The number of thioether (sulfide) groups is 1. The number of nitro benzene ring substituents is 1. The summed E-state index contributed by atoms with van der Waals surface area (Å²) in [5.41, 5.74) is 0.162. The lowest BCUT2D eigenvalue weighted by molar-refractivity contribution is -0.384. The number of nitrogens with zero attached hydrogens (tertiary/aromatic N) is 2. The van der Waals surface area contributed by atoms with Gasteiger partial charge >= 0.3 is 0 Å². The fourth-order valence-electron chi connectivity index (χ4n) is 2.11. The number of carbonyl (C=O) groups excluding carboxylic acids is 1. The summed E-state index contributed by atoms with van der Waals surface area (Å²) < 4.78 is 6.09. The zero-order valence-corrected chi connectivity index (χ0v) is 14.6. The summed E-state index contributed by atoms with van der Waals surface area (Å²) in [5.74, 6) is 0.514. The topological polar surface area (TPSA) is 76.6 Å². The second-order valence-corrected chi connectivity index (χ2v) is 6.97. The number of hydrogen-bond acceptors (Lipinski definition) is 6. The fraction of sp³-hybridized carbons (Fsp3) is 0.0667. The van der Waals surface area contributed by atoms with Crippen LogP contribution in [0.1, 0.15) is 5.76 Å². The number of furan rings is 1. The smallest absolute Gasteiger partial charge is 0.281 e. The van der Waals surface area contributed by atoms with Crippen molar-refractivity contribution in [2.24, 2.45) is 0 Å². The van der Waals surface area contributed by atoms with E-state index in [1.807, 2.05) is 0 Å². The van der Waals surface area contributed by atoms with E-state index in [1.54, 1.807) is 31.3 Å². The van der Waals surface area contributed by atoms with Gasteiger partial charge in [0, 0.05) is 24.2 Å². The molecule has 0 spiro atoms. The summed E-state index contributed by atoms with van der Waals surface area (Å²) >= 11 is 12.0. The molecule has 9 heteroatoms. The summed E-state index contributed by atoms with van der Waals surface area (Å²) in [5, 5.41) is 11.4. The van der Waals surface area contributed by atoms with E-state index in [4.69, 9.17) is 28.2 Å². The first-order valence-electron chi connectivity index (χ1n) is 6.62. The largest absolute Gasteiger partial charge is 0.456 e. The Morgan fingerprint density at radius 3 is 2.75 bits per heavy atom. The van der Waals surface area contributed by atoms with Gasteiger partial charge < -0.3 is 4.42 Å². The van der Waals surface area contributed by atoms with Gasteiger partial charge in [0.1, 0.15) is 15.8 Å². The predicted molar refractivity (Wildman–Crippen MR) is 96.7 cm³/mol. The number of likely N-dealkylation sites (N-methyl/N-ethyl adjacent to an activating group) is 1. The van der Waals surface area contributed by atoms with Crippen molar-refractivity contribution >= 4 is 57.6 Å². The number of hydrogen-bond donors (Lipinski definition) is 0. The van der Waals surface area contributed by atoms with Crippen LogP contribution in [0.2, 0.25) is 5.02 Å². The Kier molecular flexibility index (Phi) is 4.44. The SMILES string of the molecule is CN1C(=O)/C(=C/c2ccc(-c3ccc(Cl)cc3[N+](=O)[O-])o2)SC1=S. The van der Waals surface area contributed by atoms with E-state index in [1.165, 1.54) is 28.8 Å². The Labute approximate surface area is 151 Å². The molecule has 0 unspecified atom stereocenters. The van der Waals surface area contributed by atoms with Gasteiger partial charge in [-0.15, -0.1) is 0 Å². The molecular formula is C15H9ClN2O4S2. The van der Waals surface area contributed by atoms with Crippen molar-refractivity contribution in [3.8, 4) is 11.3 Å². The van der Waals surface area contributed by atoms with E-state index in [0.29, 0.717) is 26.3 Å². The second kappa shape index (κ2) is 6.39. The summed E-state index contributed by atoms with van der Waals surface area (Å²) in [7, 11) is 1.60. The third-order valence-electron chi connectivity index (χ3n) is 3.31. The van der Waals surface area contributed by atoms with Crippen molar-refractivity contribution in [3.63, 3.8) is 0 Å². The second-order valence-electron chi connectivity index (χ2n) is 4.86. The Bertz CT molecular complexity index is 907. The number of benzene rings is 1. The first-order valence-corrected chi connectivity index (χ1v) is 8.23. The quantitative estimate of drug-likeness (QED) is 0.341. The van der Waals surface area contributed by atoms with Gasteiger partial charge in [-0.3, -0.25) is 19.8 Å². The minimum Gasteiger partial charge on any atom is -0.456 e. The maximum Gasteiger partial charge on any atom is 0.281 e. The van der Waals surface area contributed by atoms with Gasteiger partial charge in [-0.2, -0.15) is 0 Å². The Morgan fingerprint density at radius 1 is 1.38 bits per heavy atom. The Hall–Kier alpha value is -2.16. The van der Waals surface area contributed by atoms with Crippen LogP contribution in [0.15, 0.2) is 39.7 Å². The van der Waals surface area contributed by atoms with E-state index in [9.17, 15) is 14.9 Å². The molecule has 1 aromatic heterocycles. The van der Waals surface area contributed by atoms with Crippen molar-refractivity contribution in [2.75, 3.05) is 7.05 Å². The van der Waals surface area contributed by atoms with Crippen molar-refractivity contribution < 1.29 is 14.1 Å². The number of amides is 1. The minimum absolute atomic E-state index is 0.150. The van der Waals surface area contributed by atoms with Crippen molar-refractivity contribution in [1.29, 1.82) is 0 Å². The first-order chi connectivity index (χ1) is 11.4. The third kappa shape index (κ3) is 3.08. The number of thiocarbonyl (C=S) groups is 1. The van der Waals surface area contributed by atoms with Crippen LogP contribution >= 0.6 is 35.6 Å². The summed E-state index contributed by atoms with van der Waals surface area (Å²) in [4.78, 5) is 24.4. The molecule has 6 nitrogen and oxygen atoms in total. The highest BCUT2D eigenvalue weighted by Gasteiger charge is 2.29. The highest BCUT2D eigenvalue weighted by atomic mass is 35.5. The monoisotopic (exact) mass is 380 g/mol. The standard InChI is InChI=1S/C15H9ClN2O4S2/c1-17-14(19)13(24-15(17)23)7-9-3-5-12(22-9)10-4-2-8(16)6-11(10)18(20)21/h2-7H,1H3/b13-7-. The van der Waals surface area contributed by atoms with Gasteiger partial charge in [0.25, 0.3) is 11.6 Å². The van der Waals surface area contributed by atoms with Crippen LogP contribution in [0.4, 0.5) is 5.69 Å². The van der Waals surface area contributed by atoms with E-state index in [2.05, 4.69) is 0 Å². The lowest BCUT2D eigenvalue weighted by Crippen LogP contribution is -2.22. The molecule has 1 aliphatic rings. The van der Waals surface area contributed by atoms with Gasteiger partial charge in [0.2, 0.25) is 0 Å². The van der Waals surface area contributed by atoms with Crippen LogP contribution in [-0.4, -0.2) is 27.1 Å². The molecule has 1 aromatic carbocycles. The summed E-state index contributed by atoms with van der Waals surface area (Å²) in [6.45, 7) is 0. The molecule has 0 atom stereocenters. The van der Waals surface area contributed by atoms with E-state index in [0.717, 1.165) is 0 Å². The minimum atomic E-state index is -0.522. The van der Waals surface area contributed by atoms with Gasteiger partial charge in [0.05, 0.1) is 15.4 Å². The number of rotatable bonds is 3. The fourth-order valence-corrected chi connectivity index (χ4v) is 3.44. The van der Waals surface area contributed by atoms with Crippen LogP contribution in [-0.2, 0) is 4.79 Å².